The van der Waals surface area contributed by atoms with E-state index in [4.69, 9.17) is 5.73 Å². The molecule has 1 heterocycles. The quantitative estimate of drug-likeness (QED) is 0.857. The van der Waals surface area contributed by atoms with Crippen LogP contribution in [0.15, 0.2) is 23.1 Å². The minimum Gasteiger partial charge on any atom is -0.326 e. The number of nitrogens with two attached hydrogens (primary N) is 1. The van der Waals surface area contributed by atoms with Crippen LogP contribution in [0, 0.1) is 6.92 Å². The topological polar surface area (TPSA) is 75.4 Å². The number of nitrogens with zero attached hydrogens (tertiary/aromatic N) is 1. The van der Waals surface area contributed by atoms with E-state index in [1.54, 1.807) is 19.1 Å². The maximum atomic E-state index is 12.4. The van der Waals surface area contributed by atoms with Crippen LogP contribution in [0.4, 0.5) is 0 Å². The smallest absolute Gasteiger partial charge is 0.240 e. The van der Waals surface area contributed by atoms with Crippen molar-refractivity contribution in [3.8, 4) is 0 Å². The highest BCUT2D eigenvalue weighted by atomic mass is 32.2. The van der Waals surface area contributed by atoms with Crippen molar-refractivity contribution < 1.29 is 8.42 Å². The Hall–Kier alpha value is -0.950. The largest absolute Gasteiger partial charge is 0.326 e. The summed E-state index contributed by atoms with van der Waals surface area (Å²) < 4.78 is 27.6. The lowest BCUT2D eigenvalue weighted by Crippen LogP contribution is -2.44. The van der Waals surface area contributed by atoms with Crippen molar-refractivity contribution in [1.82, 2.24) is 9.62 Å². The summed E-state index contributed by atoms with van der Waals surface area (Å²) in [6.45, 7) is 3.73. The zero-order valence-electron chi connectivity index (χ0n) is 12.8. The van der Waals surface area contributed by atoms with E-state index >= 15 is 0 Å². The van der Waals surface area contributed by atoms with E-state index in [1.165, 1.54) is 12.8 Å². The summed E-state index contributed by atoms with van der Waals surface area (Å²) in [7, 11) is -1.40. The molecule has 0 aromatic heterocycles. The third-order valence-corrected chi connectivity index (χ3v) is 5.78. The van der Waals surface area contributed by atoms with E-state index in [1.807, 2.05) is 6.07 Å². The fourth-order valence-corrected chi connectivity index (χ4v) is 4.12. The van der Waals surface area contributed by atoms with Crippen molar-refractivity contribution in [1.29, 1.82) is 0 Å². The molecule has 2 rings (SSSR count). The lowest BCUT2D eigenvalue weighted by atomic mass is 10.0. The van der Waals surface area contributed by atoms with Gasteiger partial charge in [0.25, 0.3) is 0 Å². The van der Waals surface area contributed by atoms with Crippen LogP contribution in [0.1, 0.15) is 30.4 Å². The highest BCUT2D eigenvalue weighted by Crippen LogP contribution is 2.18. The molecule has 1 atom stereocenters. The number of sulfonamides is 1. The van der Waals surface area contributed by atoms with Crippen LogP contribution >= 0.6 is 0 Å². The van der Waals surface area contributed by atoms with E-state index in [0.29, 0.717) is 18.0 Å². The Labute approximate surface area is 127 Å². The molecule has 21 heavy (non-hydrogen) atoms. The van der Waals surface area contributed by atoms with Gasteiger partial charge in [0, 0.05) is 19.1 Å². The number of piperidine rings is 1. The Morgan fingerprint density at radius 2 is 2.14 bits per heavy atom. The molecular weight excluding hydrogens is 286 g/mol. The molecule has 1 fully saturated rings. The molecule has 118 valence electrons. The van der Waals surface area contributed by atoms with E-state index in [9.17, 15) is 8.42 Å². The lowest BCUT2D eigenvalue weighted by Gasteiger charge is -2.32. The molecule has 0 saturated carbocycles. The number of nitrogens with one attached hydrogen (secondary N) is 1. The van der Waals surface area contributed by atoms with Crippen LogP contribution < -0.4 is 10.5 Å². The van der Waals surface area contributed by atoms with Gasteiger partial charge in [-0.3, -0.25) is 0 Å². The number of aryl methyl sites for hydroxylation is 1. The first-order valence-corrected chi connectivity index (χ1v) is 8.92. The third kappa shape index (κ3) is 4.03. The Morgan fingerprint density at radius 1 is 1.38 bits per heavy atom. The van der Waals surface area contributed by atoms with Gasteiger partial charge in [0.2, 0.25) is 10.0 Å². The number of benzene rings is 1. The molecular formula is C15H25N3O2S. The molecule has 1 aliphatic rings. The average Bonchev–Trinajstić information content (AvgIpc) is 2.46. The number of hydrogen-bond donors (Lipinski definition) is 2. The van der Waals surface area contributed by atoms with E-state index in [-0.39, 0.29) is 6.04 Å². The Kier molecular flexibility index (Phi) is 5.37. The van der Waals surface area contributed by atoms with Crippen molar-refractivity contribution in [2.45, 2.75) is 43.7 Å². The van der Waals surface area contributed by atoms with Gasteiger partial charge < -0.3 is 10.6 Å². The van der Waals surface area contributed by atoms with Gasteiger partial charge in [-0.1, -0.05) is 18.6 Å². The van der Waals surface area contributed by atoms with Crippen molar-refractivity contribution in [2.24, 2.45) is 5.73 Å². The highest BCUT2D eigenvalue weighted by Gasteiger charge is 2.23. The second kappa shape index (κ2) is 6.87. The molecule has 1 aromatic rings. The molecule has 0 spiro atoms. The number of rotatable bonds is 5. The van der Waals surface area contributed by atoms with Gasteiger partial charge in [-0.05, 0) is 50.6 Å². The van der Waals surface area contributed by atoms with Gasteiger partial charge in [0.1, 0.15) is 0 Å². The van der Waals surface area contributed by atoms with Crippen molar-refractivity contribution in [3.63, 3.8) is 0 Å². The SMILES string of the molecule is Cc1cc(CN)ccc1S(=O)(=O)NCC1CCCCN1C. The Balaban J connectivity index is 2.07. The van der Waals surface area contributed by atoms with Gasteiger partial charge in [-0.2, -0.15) is 0 Å². The average molecular weight is 311 g/mol. The Bertz CT molecular complexity index is 587. The summed E-state index contributed by atoms with van der Waals surface area (Å²) in [5.41, 5.74) is 7.26. The van der Waals surface area contributed by atoms with Gasteiger partial charge in [-0.25, -0.2) is 13.1 Å². The molecule has 0 radical (unpaired) electrons. The Morgan fingerprint density at radius 3 is 2.76 bits per heavy atom. The van der Waals surface area contributed by atoms with Crippen LogP contribution in [0.3, 0.4) is 0 Å². The molecule has 5 nitrogen and oxygen atoms in total. The molecule has 1 aromatic carbocycles. The van der Waals surface area contributed by atoms with Gasteiger partial charge in [-0.15, -0.1) is 0 Å². The molecule has 1 aliphatic heterocycles. The van der Waals surface area contributed by atoms with Gasteiger partial charge >= 0.3 is 0 Å². The molecule has 3 N–H and O–H groups in total. The first-order chi connectivity index (χ1) is 9.94. The van der Waals surface area contributed by atoms with Crippen LogP contribution in [-0.2, 0) is 16.6 Å². The number of likely N-dealkylation sites (tertiary alicyclic amines) is 1. The summed E-state index contributed by atoms with van der Waals surface area (Å²) in [6.07, 6.45) is 3.41. The fourth-order valence-electron chi connectivity index (χ4n) is 2.83. The molecule has 0 aliphatic carbocycles. The van der Waals surface area contributed by atoms with Crippen molar-refractivity contribution in [2.75, 3.05) is 20.1 Å². The maximum absolute atomic E-state index is 12.4. The fraction of sp³-hybridized carbons (Fsp3) is 0.600. The van der Waals surface area contributed by atoms with E-state index in [0.717, 1.165) is 24.1 Å². The summed E-state index contributed by atoms with van der Waals surface area (Å²) in [5.74, 6) is 0. The van der Waals surface area contributed by atoms with Crippen LogP contribution in [0.2, 0.25) is 0 Å². The summed E-state index contributed by atoms with van der Waals surface area (Å²) >= 11 is 0. The predicted octanol–water partition coefficient (Wildman–Crippen LogP) is 1.22. The number of hydrogen-bond acceptors (Lipinski definition) is 4. The maximum Gasteiger partial charge on any atom is 0.240 e. The molecule has 0 bridgehead atoms. The zero-order chi connectivity index (χ0) is 15.5. The van der Waals surface area contributed by atoms with E-state index in [2.05, 4.69) is 16.7 Å². The molecule has 0 amide bonds. The molecule has 1 unspecified atom stereocenters. The van der Waals surface area contributed by atoms with Gasteiger partial charge in [0.05, 0.1) is 4.90 Å². The van der Waals surface area contributed by atoms with Crippen LogP contribution in [-0.4, -0.2) is 39.5 Å². The zero-order valence-corrected chi connectivity index (χ0v) is 13.6. The third-order valence-electron chi connectivity index (χ3n) is 4.20. The van der Waals surface area contributed by atoms with Crippen LogP contribution in [0.25, 0.3) is 0 Å². The van der Waals surface area contributed by atoms with E-state index < -0.39 is 10.0 Å². The minimum atomic E-state index is -3.46. The highest BCUT2D eigenvalue weighted by molar-refractivity contribution is 7.89. The second-order valence-corrected chi connectivity index (χ2v) is 7.52. The monoisotopic (exact) mass is 311 g/mol. The van der Waals surface area contributed by atoms with Crippen LogP contribution in [0.5, 0.6) is 0 Å². The normalized spacial score (nSPS) is 20.6. The molecule has 6 heteroatoms. The van der Waals surface area contributed by atoms with Crippen molar-refractivity contribution >= 4 is 10.0 Å². The second-order valence-electron chi connectivity index (χ2n) is 5.79. The minimum absolute atomic E-state index is 0.289. The van der Waals surface area contributed by atoms with Crippen molar-refractivity contribution in [3.05, 3.63) is 29.3 Å². The number of likely N-dealkylation sites (N-methyl/N-ethyl adjacent to an activating group) is 1. The predicted molar refractivity (Wildman–Crippen MR) is 84.5 cm³/mol. The lowest BCUT2D eigenvalue weighted by molar-refractivity contribution is 0.187. The summed E-state index contributed by atoms with van der Waals surface area (Å²) in [4.78, 5) is 2.58. The van der Waals surface area contributed by atoms with Gasteiger partial charge in [0.15, 0.2) is 0 Å². The standard InChI is InChI=1S/C15H25N3O2S/c1-12-9-13(10-16)6-7-15(12)21(19,20)17-11-14-5-3-4-8-18(14)2/h6-7,9,14,17H,3-5,8,10-11,16H2,1-2H3. The first kappa shape index (κ1) is 16.4. The molecule has 1 saturated heterocycles. The summed E-state index contributed by atoms with van der Waals surface area (Å²) in [5, 5.41) is 0. The summed E-state index contributed by atoms with van der Waals surface area (Å²) in [6, 6.07) is 5.54. The first-order valence-electron chi connectivity index (χ1n) is 7.43.